The maximum atomic E-state index is 12.9. The SMILES string of the molecule is CN1CCN(CCNc2nc(SCCc3cccc(C(F)(F)F)c3)nc3ccccc23)CC1. The second kappa shape index (κ2) is 10.7. The minimum Gasteiger partial charge on any atom is -0.368 e. The molecule has 0 spiro atoms. The Labute approximate surface area is 196 Å². The lowest BCUT2D eigenvalue weighted by molar-refractivity contribution is -0.137. The van der Waals surface area contributed by atoms with Crippen LogP contribution in [0.3, 0.4) is 0 Å². The number of aromatic nitrogens is 2. The lowest BCUT2D eigenvalue weighted by Gasteiger charge is -2.32. The van der Waals surface area contributed by atoms with Crippen LogP contribution in [0.1, 0.15) is 11.1 Å². The predicted molar refractivity (Wildman–Crippen MR) is 128 cm³/mol. The highest BCUT2D eigenvalue weighted by Crippen LogP contribution is 2.30. The van der Waals surface area contributed by atoms with E-state index >= 15 is 0 Å². The van der Waals surface area contributed by atoms with Gasteiger partial charge in [-0.2, -0.15) is 13.2 Å². The molecule has 1 fully saturated rings. The summed E-state index contributed by atoms with van der Waals surface area (Å²) in [7, 11) is 2.15. The molecule has 1 N–H and O–H groups in total. The Morgan fingerprint density at radius 1 is 1.00 bits per heavy atom. The molecule has 0 aliphatic carbocycles. The summed E-state index contributed by atoms with van der Waals surface area (Å²) < 4.78 is 38.8. The summed E-state index contributed by atoms with van der Waals surface area (Å²) in [5.41, 5.74) is 0.901. The van der Waals surface area contributed by atoms with Crippen LogP contribution in [0.15, 0.2) is 53.7 Å². The van der Waals surface area contributed by atoms with Crippen LogP contribution in [0.25, 0.3) is 10.9 Å². The van der Waals surface area contributed by atoms with E-state index in [-0.39, 0.29) is 0 Å². The van der Waals surface area contributed by atoms with E-state index in [0.717, 1.165) is 62.1 Å². The van der Waals surface area contributed by atoms with Gasteiger partial charge in [-0.15, -0.1) is 0 Å². The first-order valence-electron chi connectivity index (χ1n) is 11.1. The minimum atomic E-state index is -4.32. The molecular weight excluding hydrogens is 447 g/mol. The van der Waals surface area contributed by atoms with E-state index in [1.807, 2.05) is 24.3 Å². The van der Waals surface area contributed by atoms with Crippen molar-refractivity contribution in [2.24, 2.45) is 0 Å². The van der Waals surface area contributed by atoms with Crippen LogP contribution in [0, 0.1) is 0 Å². The summed E-state index contributed by atoms with van der Waals surface area (Å²) in [6.45, 7) is 6.05. The third-order valence-corrected chi connectivity index (χ3v) is 6.62. The molecule has 1 aromatic heterocycles. The first kappa shape index (κ1) is 23.8. The second-order valence-corrected chi connectivity index (χ2v) is 9.30. The smallest absolute Gasteiger partial charge is 0.368 e. The molecule has 33 heavy (non-hydrogen) atoms. The van der Waals surface area contributed by atoms with Gasteiger partial charge in [-0.05, 0) is 37.2 Å². The van der Waals surface area contributed by atoms with Crippen LogP contribution < -0.4 is 5.32 Å². The van der Waals surface area contributed by atoms with Crippen LogP contribution in [0.4, 0.5) is 19.0 Å². The normalized spacial score (nSPS) is 15.8. The van der Waals surface area contributed by atoms with E-state index in [4.69, 9.17) is 4.98 Å². The van der Waals surface area contributed by atoms with Crippen LogP contribution >= 0.6 is 11.8 Å². The molecule has 0 amide bonds. The summed E-state index contributed by atoms with van der Waals surface area (Å²) in [5.74, 6) is 1.40. The summed E-state index contributed by atoms with van der Waals surface area (Å²) in [5, 5.41) is 5.07. The number of halogens is 3. The highest BCUT2D eigenvalue weighted by Gasteiger charge is 2.30. The number of para-hydroxylation sites is 1. The maximum absolute atomic E-state index is 12.9. The van der Waals surface area contributed by atoms with E-state index in [9.17, 15) is 13.2 Å². The van der Waals surface area contributed by atoms with Gasteiger partial charge in [0.05, 0.1) is 11.1 Å². The van der Waals surface area contributed by atoms with E-state index in [0.29, 0.717) is 22.9 Å². The molecule has 0 bridgehead atoms. The number of rotatable bonds is 8. The Kier molecular flexibility index (Phi) is 7.72. The first-order chi connectivity index (χ1) is 15.9. The van der Waals surface area contributed by atoms with Gasteiger partial charge < -0.3 is 10.2 Å². The molecule has 0 radical (unpaired) electrons. The zero-order valence-corrected chi connectivity index (χ0v) is 19.4. The van der Waals surface area contributed by atoms with Gasteiger partial charge in [0.2, 0.25) is 0 Å². The van der Waals surface area contributed by atoms with Gasteiger partial charge in [0.25, 0.3) is 0 Å². The van der Waals surface area contributed by atoms with Crippen molar-refractivity contribution in [2.45, 2.75) is 17.8 Å². The molecule has 9 heteroatoms. The number of hydrogen-bond acceptors (Lipinski definition) is 6. The molecule has 0 atom stereocenters. The van der Waals surface area contributed by atoms with Gasteiger partial charge in [0, 0.05) is 50.4 Å². The third-order valence-electron chi connectivity index (χ3n) is 5.78. The fraction of sp³-hybridized carbons (Fsp3) is 0.417. The molecule has 4 rings (SSSR count). The topological polar surface area (TPSA) is 44.3 Å². The lowest BCUT2D eigenvalue weighted by Crippen LogP contribution is -2.45. The Morgan fingerprint density at radius 3 is 2.58 bits per heavy atom. The summed E-state index contributed by atoms with van der Waals surface area (Å²) in [6.07, 6.45) is -3.81. The number of nitrogens with one attached hydrogen (secondary N) is 1. The van der Waals surface area contributed by atoms with Crippen molar-refractivity contribution in [1.82, 2.24) is 19.8 Å². The Bertz CT molecular complexity index is 1070. The van der Waals surface area contributed by atoms with Gasteiger partial charge >= 0.3 is 6.18 Å². The Balaban J connectivity index is 1.39. The maximum Gasteiger partial charge on any atom is 0.416 e. The lowest BCUT2D eigenvalue weighted by atomic mass is 10.1. The van der Waals surface area contributed by atoms with Crippen molar-refractivity contribution < 1.29 is 13.2 Å². The summed E-state index contributed by atoms with van der Waals surface area (Å²) in [6, 6.07) is 13.4. The average Bonchev–Trinajstić information content (AvgIpc) is 2.80. The molecule has 176 valence electrons. The number of nitrogens with zero attached hydrogens (tertiary/aromatic N) is 4. The van der Waals surface area contributed by atoms with Crippen LogP contribution in [-0.4, -0.2) is 71.8 Å². The molecule has 0 unspecified atom stereocenters. The Morgan fingerprint density at radius 2 is 1.79 bits per heavy atom. The van der Waals surface area contributed by atoms with E-state index in [1.165, 1.54) is 23.9 Å². The van der Waals surface area contributed by atoms with Gasteiger partial charge in [-0.1, -0.05) is 42.1 Å². The van der Waals surface area contributed by atoms with Crippen molar-refractivity contribution in [1.29, 1.82) is 0 Å². The van der Waals surface area contributed by atoms with Crippen LogP contribution in [0.2, 0.25) is 0 Å². The molecule has 1 saturated heterocycles. The van der Waals surface area contributed by atoms with Gasteiger partial charge in [-0.25, -0.2) is 9.97 Å². The fourth-order valence-corrected chi connectivity index (χ4v) is 4.66. The van der Waals surface area contributed by atoms with Crippen LogP contribution in [-0.2, 0) is 12.6 Å². The number of thioether (sulfide) groups is 1. The van der Waals surface area contributed by atoms with Crippen LogP contribution in [0.5, 0.6) is 0 Å². The molecular formula is C24H28F3N5S. The van der Waals surface area contributed by atoms with Crippen molar-refractivity contribution >= 4 is 28.5 Å². The quantitative estimate of drug-likeness (QED) is 0.378. The number of likely N-dealkylation sites (N-methyl/N-ethyl adjacent to an activating group) is 1. The number of anilines is 1. The predicted octanol–water partition coefficient (Wildman–Crippen LogP) is 4.64. The summed E-state index contributed by atoms with van der Waals surface area (Å²) >= 11 is 1.46. The highest BCUT2D eigenvalue weighted by molar-refractivity contribution is 7.99. The van der Waals surface area contributed by atoms with E-state index in [2.05, 4.69) is 27.1 Å². The standard InChI is InChI=1S/C24H28F3N5S/c1-31-12-14-32(15-13-31)11-10-28-22-20-7-2-3-8-21(20)29-23(30-22)33-16-9-18-5-4-6-19(17-18)24(25,26)27/h2-8,17H,9-16H2,1H3,(H,28,29,30). The monoisotopic (exact) mass is 475 g/mol. The average molecular weight is 476 g/mol. The van der Waals surface area contributed by atoms with E-state index < -0.39 is 11.7 Å². The molecule has 2 aromatic carbocycles. The van der Waals surface area contributed by atoms with Crippen molar-refractivity contribution in [3.8, 4) is 0 Å². The highest BCUT2D eigenvalue weighted by atomic mass is 32.2. The fourth-order valence-electron chi connectivity index (χ4n) is 3.82. The largest absolute Gasteiger partial charge is 0.416 e. The van der Waals surface area contributed by atoms with Crippen molar-refractivity contribution in [2.75, 3.05) is 57.4 Å². The number of fused-ring (bicyclic) bond motifs is 1. The number of hydrogen-bond donors (Lipinski definition) is 1. The molecule has 1 aliphatic heterocycles. The van der Waals surface area contributed by atoms with E-state index in [1.54, 1.807) is 6.07 Å². The number of piperazine rings is 1. The minimum absolute atomic E-state index is 0.511. The first-order valence-corrected chi connectivity index (χ1v) is 12.1. The third kappa shape index (κ3) is 6.59. The van der Waals surface area contributed by atoms with Gasteiger partial charge in [0.15, 0.2) is 5.16 Å². The zero-order valence-electron chi connectivity index (χ0n) is 18.6. The molecule has 3 aromatic rings. The Hall–Kier alpha value is -2.36. The number of alkyl halides is 3. The van der Waals surface area contributed by atoms with Gasteiger partial charge in [0.1, 0.15) is 5.82 Å². The molecule has 0 saturated carbocycles. The molecule has 1 aliphatic rings. The second-order valence-electron chi connectivity index (χ2n) is 8.24. The summed E-state index contributed by atoms with van der Waals surface area (Å²) in [4.78, 5) is 14.1. The number of aryl methyl sites for hydroxylation is 1. The van der Waals surface area contributed by atoms with Crippen molar-refractivity contribution in [3.05, 3.63) is 59.7 Å². The molecule has 5 nitrogen and oxygen atoms in total. The van der Waals surface area contributed by atoms with Crippen molar-refractivity contribution in [3.63, 3.8) is 0 Å². The molecule has 2 heterocycles. The zero-order chi connectivity index (χ0) is 23.3. The van der Waals surface area contributed by atoms with Gasteiger partial charge in [-0.3, -0.25) is 4.90 Å². The number of benzene rings is 2.